The number of aromatic hydroxyl groups is 4. The zero-order chi connectivity index (χ0) is 17.5. The number of benzene rings is 2. The van der Waals surface area contributed by atoms with Gasteiger partial charge in [0, 0.05) is 11.1 Å². The summed E-state index contributed by atoms with van der Waals surface area (Å²) in [6, 6.07) is 8.81. The first-order chi connectivity index (χ1) is 11.5. The second kappa shape index (κ2) is 8.99. The van der Waals surface area contributed by atoms with Crippen LogP contribution < -0.4 is 11.2 Å². The molecule has 0 radical (unpaired) electrons. The molecule has 0 aliphatic heterocycles. The lowest BCUT2D eigenvalue weighted by Crippen LogP contribution is -2.26. The predicted molar refractivity (Wildman–Crippen MR) is 96.7 cm³/mol. The molecule has 0 heterocycles. The maximum atomic E-state index is 9.58. The minimum absolute atomic E-state index is 0. The maximum absolute atomic E-state index is 9.58. The van der Waals surface area contributed by atoms with Gasteiger partial charge in [0.1, 0.15) is 0 Å². The first-order valence-electron chi connectivity index (χ1n) is 6.66. The van der Waals surface area contributed by atoms with E-state index in [4.69, 9.17) is 5.73 Å². The van der Waals surface area contributed by atoms with Crippen LogP contribution in [-0.2, 0) is 0 Å². The molecule has 2 aromatic carbocycles. The molecule has 0 amide bonds. The van der Waals surface area contributed by atoms with E-state index in [9.17, 15) is 20.4 Å². The number of para-hydroxylation sites is 2. The van der Waals surface area contributed by atoms with Crippen LogP contribution in [0.15, 0.2) is 51.7 Å². The number of hydrogen-bond acceptors (Lipinski definition) is 7. The molecule has 132 valence electrons. The Balaban J connectivity index is 0.00000312. The van der Waals surface area contributed by atoms with Gasteiger partial charge in [-0.1, -0.05) is 12.1 Å². The Labute approximate surface area is 148 Å². The number of nitrogens with two attached hydrogens (primary N) is 1. The molecule has 25 heavy (non-hydrogen) atoms. The van der Waals surface area contributed by atoms with E-state index in [1.165, 1.54) is 42.8 Å². The van der Waals surface area contributed by atoms with E-state index in [1.807, 2.05) is 0 Å². The maximum Gasteiger partial charge on any atom is 0.234 e. The van der Waals surface area contributed by atoms with Crippen molar-refractivity contribution in [2.24, 2.45) is 21.0 Å². The van der Waals surface area contributed by atoms with Crippen molar-refractivity contribution in [1.29, 1.82) is 0 Å². The molecule has 10 heteroatoms. The number of phenols is 4. The van der Waals surface area contributed by atoms with Crippen LogP contribution >= 0.6 is 12.4 Å². The molecule has 0 saturated heterocycles. The van der Waals surface area contributed by atoms with Crippen molar-refractivity contribution in [2.75, 3.05) is 0 Å². The molecular weight excluding hydrogens is 350 g/mol. The van der Waals surface area contributed by atoms with Crippen molar-refractivity contribution >= 4 is 30.8 Å². The highest BCUT2D eigenvalue weighted by atomic mass is 35.5. The van der Waals surface area contributed by atoms with Gasteiger partial charge in [-0.2, -0.15) is 10.2 Å². The van der Waals surface area contributed by atoms with Gasteiger partial charge in [-0.05, 0) is 24.3 Å². The molecule has 0 aromatic heterocycles. The van der Waals surface area contributed by atoms with Gasteiger partial charge in [0.2, 0.25) is 5.96 Å². The van der Waals surface area contributed by atoms with Gasteiger partial charge in [0.05, 0.1) is 12.4 Å². The molecule has 2 aromatic rings. The normalized spacial score (nSPS) is 11.6. The Morgan fingerprint density at radius 3 is 1.96 bits per heavy atom. The third kappa shape index (κ3) is 5.29. The number of halogens is 1. The smallest absolute Gasteiger partial charge is 0.234 e. The number of phenolic OH excluding ortho intramolecular Hbond substituents is 4. The van der Waals surface area contributed by atoms with Crippen molar-refractivity contribution in [1.82, 2.24) is 5.43 Å². The highest BCUT2D eigenvalue weighted by molar-refractivity contribution is 5.87. The van der Waals surface area contributed by atoms with Crippen LogP contribution in [0, 0.1) is 0 Å². The fourth-order valence-corrected chi connectivity index (χ4v) is 1.65. The molecule has 0 spiro atoms. The van der Waals surface area contributed by atoms with Gasteiger partial charge in [0.25, 0.3) is 0 Å². The van der Waals surface area contributed by atoms with E-state index in [0.29, 0.717) is 0 Å². The monoisotopic (exact) mass is 365 g/mol. The molecular formula is C15H16ClN5O4. The average molecular weight is 366 g/mol. The van der Waals surface area contributed by atoms with Crippen LogP contribution in [0.2, 0.25) is 0 Å². The summed E-state index contributed by atoms with van der Waals surface area (Å²) in [5, 5.41) is 48.8. The molecule has 0 fully saturated rings. The fourth-order valence-electron chi connectivity index (χ4n) is 1.65. The summed E-state index contributed by atoms with van der Waals surface area (Å²) in [5.74, 6) is -1.32. The third-order valence-electron chi connectivity index (χ3n) is 2.84. The number of hydrogen-bond donors (Lipinski definition) is 6. The van der Waals surface area contributed by atoms with Crippen molar-refractivity contribution in [3.05, 3.63) is 47.5 Å². The van der Waals surface area contributed by atoms with Crippen LogP contribution in [0.25, 0.3) is 0 Å². The minimum Gasteiger partial charge on any atom is -0.504 e. The Kier molecular flexibility index (Phi) is 7.04. The number of rotatable bonds is 4. The molecule has 0 aliphatic rings. The molecule has 0 bridgehead atoms. The second-order valence-electron chi connectivity index (χ2n) is 4.53. The van der Waals surface area contributed by atoms with Gasteiger partial charge in [-0.3, -0.25) is 0 Å². The van der Waals surface area contributed by atoms with Crippen molar-refractivity contribution in [3.63, 3.8) is 0 Å². The average Bonchev–Trinajstić information content (AvgIpc) is 2.55. The Hall–Kier alpha value is -3.46. The van der Waals surface area contributed by atoms with E-state index in [1.54, 1.807) is 6.07 Å². The number of nitrogens with one attached hydrogen (secondary N) is 1. The zero-order valence-electron chi connectivity index (χ0n) is 12.7. The Morgan fingerprint density at radius 2 is 1.40 bits per heavy atom. The van der Waals surface area contributed by atoms with Gasteiger partial charge in [-0.25, -0.2) is 5.43 Å². The van der Waals surface area contributed by atoms with Gasteiger partial charge >= 0.3 is 0 Å². The standard InChI is InChI=1S/C15H15N5O4.ClH/c16-15(19-17-7-9-3-1-5-11(21)13(9)23)20-18-8-10-4-2-6-12(22)14(10)24;/h1-8,21-24H,(H3,16,19,20);1H/b17-7+,18-8+;. The van der Waals surface area contributed by atoms with Gasteiger partial charge in [0.15, 0.2) is 23.0 Å². The van der Waals surface area contributed by atoms with E-state index in [0.717, 1.165) is 0 Å². The van der Waals surface area contributed by atoms with Crippen molar-refractivity contribution in [3.8, 4) is 23.0 Å². The lowest BCUT2D eigenvalue weighted by molar-refractivity contribution is 0.403. The highest BCUT2D eigenvalue weighted by Gasteiger charge is 2.03. The third-order valence-corrected chi connectivity index (χ3v) is 2.84. The summed E-state index contributed by atoms with van der Waals surface area (Å²) in [6.07, 6.45) is 2.44. The summed E-state index contributed by atoms with van der Waals surface area (Å²) in [4.78, 5) is 0. The van der Waals surface area contributed by atoms with Crippen LogP contribution in [-0.4, -0.2) is 38.8 Å². The van der Waals surface area contributed by atoms with E-state index in [-0.39, 0.29) is 52.5 Å². The van der Waals surface area contributed by atoms with Crippen LogP contribution in [0.1, 0.15) is 11.1 Å². The van der Waals surface area contributed by atoms with Gasteiger partial charge in [-0.15, -0.1) is 17.5 Å². The Morgan fingerprint density at radius 1 is 0.880 bits per heavy atom. The zero-order valence-corrected chi connectivity index (χ0v) is 13.6. The molecule has 0 aliphatic carbocycles. The fraction of sp³-hybridized carbons (Fsp3) is 0. The van der Waals surface area contributed by atoms with E-state index >= 15 is 0 Å². The molecule has 7 N–H and O–H groups in total. The molecule has 2 rings (SSSR count). The molecule has 0 unspecified atom stereocenters. The molecule has 9 nitrogen and oxygen atoms in total. The van der Waals surface area contributed by atoms with Crippen LogP contribution in [0.3, 0.4) is 0 Å². The van der Waals surface area contributed by atoms with E-state index in [2.05, 4.69) is 20.7 Å². The lowest BCUT2D eigenvalue weighted by atomic mass is 10.2. The first kappa shape index (κ1) is 19.6. The largest absolute Gasteiger partial charge is 0.504 e. The lowest BCUT2D eigenvalue weighted by Gasteiger charge is -2.01. The summed E-state index contributed by atoms with van der Waals surface area (Å²) < 4.78 is 0. The topological polar surface area (TPSA) is 156 Å². The minimum atomic E-state index is -0.319. The SMILES string of the molecule is Cl.NC(=N/N=C/c1cccc(O)c1O)N/N=C/c1cccc(O)c1O. The number of nitrogens with zero attached hydrogens (tertiary/aromatic N) is 3. The number of guanidine groups is 1. The number of hydrazone groups is 1. The predicted octanol–water partition coefficient (Wildman–Crippen LogP) is 1.20. The Bertz CT molecular complexity index is 824. The highest BCUT2D eigenvalue weighted by Crippen LogP contribution is 2.27. The summed E-state index contributed by atoms with van der Waals surface area (Å²) in [7, 11) is 0. The van der Waals surface area contributed by atoms with Crippen molar-refractivity contribution in [2.45, 2.75) is 0 Å². The quantitative estimate of drug-likeness (QED) is 0.207. The first-order valence-corrected chi connectivity index (χ1v) is 6.66. The van der Waals surface area contributed by atoms with Crippen molar-refractivity contribution < 1.29 is 20.4 Å². The molecule has 0 atom stereocenters. The van der Waals surface area contributed by atoms with Crippen LogP contribution in [0.4, 0.5) is 0 Å². The summed E-state index contributed by atoms with van der Waals surface area (Å²) in [5.41, 5.74) is 8.44. The van der Waals surface area contributed by atoms with Gasteiger partial charge < -0.3 is 26.2 Å². The van der Waals surface area contributed by atoms with Crippen LogP contribution in [0.5, 0.6) is 23.0 Å². The second-order valence-corrected chi connectivity index (χ2v) is 4.53. The van der Waals surface area contributed by atoms with E-state index < -0.39 is 0 Å². The summed E-state index contributed by atoms with van der Waals surface area (Å²) in [6.45, 7) is 0. The molecule has 0 saturated carbocycles. The summed E-state index contributed by atoms with van der Waals surface area (Å²) >= 11 is 0.